The van der Waals surface area contributed by atoms with E-state index in [1.807, 2.05) is 0 Å². The Bertz CT molecular complexity index is 850. The van der Waals surface area contributed by atoms with Crippen molar-refractivity contribution < 1.29 is 27.5 Å². The van der Waals surface area contributed by atoms with E-state index in [2.05, 4.69) is 15.6 Å². The summed E-state index contributed by atoms with van der Waals surface area (Å²) in [5.41, 5.74) is -0.557. The molecule has 0 spiro atoms. The Hall–Kier alpha value is -3.10. The first-order chi connectivity index (χ1) is 11.8. The highest BCUT2D eigenvalue weighted by molar-refractivity contribution is 5.98. The molecule has 1 aromatic heterocycles. The summed E-state index contributed by atoms with van der Waals surface area (Å²) in [5.74, 6) is -4.01. The lowest BCUT2D eigenvalue weighted by atomic mass is 10.2. The predicted molar refractivity (Wildman–Crippen MR) is 80.4 cm³/mol. The molecule has 2 heterocycles. The molecule has 0 aliphatic carbocycles. The van der Waals surface area contributed by atoms with Crippen molar-refractivity contribution in [2.45, 2.75) is 19.6 Å². The second-order valence-corrected chi connectivity index (χ2v) is 5.32. The molecule has 1 aromatic carbocycles. The van der Waals surface area contributed by atoms with E-state index in [4.69, 9.17) is 4.74 Å². The van der Waals surface area contributed by atoms with Crippen molar-refractivity contribution >= 4 is 17.6 Å². The van der Waals surface area contributed by atoms with E-state index in [0.717, 1.165) is 0 Å². The number of halogens is 3. The molecule has 0 bridgehead atoms. The fraction of sp³-hybridized carbons (Fsp3) is 0.188. The summed E-state index contributed by atoms with van der Waals surface area (Å²) in [6.45, 7) is 1.07. The SMILES string of the molecule is CC1Oc2ccc(C(=O)NCc3c(F)cc(F)cc3F)nc2NC1=O. The average molecular weight is 351 g/mol. The molecule has 1 aliphatic heterocycles. The highest BCUT2D eigenvalue weighted by Gasteiger charge is 2.25. The maximum Gasteiger partial charge on any atom is 0.270 e. The van der Waals surface area contributed by atoms with Gasteiger partial charge in [-0.05, 0) is 19.1 Å². The number of aromatic nitrogens is 1. The van der Waals surface area contributed by atoms with Gasteiger partial charge in [-0.3, -0.25) is 9.59 Å². The smallest absolute Gasteiger partial charge is 0.270 e. The highest BCUT2D eigenvalue weighted by atomic mass is 19.1. The number of hydrogen-bond acceptors (Lipinski definition) is 4. The van der Waals surface area contributed by atoms with E-state index in [1.54, 1.807) is 6.92 Å². The summed E-state index contributed by atoms with van der Waals surface area (Å²) in [4.78, 5) is 27.6. The van der Waals surface area contributed by atoms with Gasteiger partial charge in [0.15, 0.2) is 17.7 Å². The van der Waals surface area contributed by atoms with Gasteiger partial charge in [-0.25, -0.2) is 18.2 Å². The highest BCUT2D eigenvalue weighted by Crippen LogP contribution is 2.27. The molecular formula is C16H12F3N3O3. The number of fused-ring (bicyclic) bond motifs is 1. The van der Waals surface area contributed by atoms with Crippen molar-refractivity contribution in [3.63, 3.8) is 0 Å². The van der Waals surface area contributed by atoms with Gasteiger partial charge >= 0.3 is 0 Å². The third-order valence-corrected chi connectivity index (χ3v) is 3.54. The zero-order valence-corrected chi connectivity index (χ0v) is 12.9. The molecule has 2 aromatic rings. The Morgan fingerprint density at radius 1 is 1.28 bits per heavy atom. The molecule has 3 rings (SSSR count). The molecule has 0 fully saturated rings. The Kier molecular flexibility index (Phi) is 4.30. The van der Waals surface area contributed by atoms with Gasteiger partial charge in [0.05, 0.1) is 0 Å². The van der Waals surface area contributed by atoms with Crippen LogP contribution < -0.4 is 15.4 Å². The first-order valence-electron chi connectivity index (χ1n) is 7.25. The monoisotopic (exact) mass is 351 g/mol. The minimum atomic E-state index is -1.11. The van der Waals surface area contributed by atoms with Gasteiger partial charge in [0.25, 0.3) is 11.8 Å². The lowest BCUT2D eigenvalue weighted by Gasteiger charge is -2.22. The number of carbonyl (C=O) groups is 2. The lowest BCUT2D eigenvalue weighted by molar-refractivity contribution is -0.122. The minimum Gasteiger partial charge on any atom is -0.477 e. The van der Waals surface area contributed by atoms with E-state index >= 15 is 0 Å². The van der Waals surface area contributed by atoms with Crippen LogP contribution in [0.3, 0.4) is 0 Å². The summed E-state index contributed by atoms with van der Waals surface area (Å²) in [7, 11) is 0. The van der Waals surface area contributed by atoms with E-state index in [0.29, 0.717) is 17.9 Å². The van der Waals surface area contributed by atoms with Crippen molar-refractivity contribution in [1.82, 2.24) is 10.3 Å². The van der Waals surface area contributed by atoms with Crippen LogP contribution in [0, 0.1) is 17.5 Å². The molecule has 1 aliphatic rings. The van der Waals surface area contributed by atoms with Crippen LogP contribution in [-0.4, -0.2) is 22.9 Å². The summed E-state index contributed by atoms with van der Waals surface area (Å²) in [5, 5.41) is 4.77. The number of anilines is 1. The quantitative estimate of drug-likeness (QED) is 0.888. The van der Waals surface area contributed by atoms with Gasteiger partial charge in [-0.1, -0.05) is 0 Å². The number of nitrogens with one attached hydrogen (secondary N) is 2. The van der Waals surface area contributed by atoms with Crippen molar-refractivity contribution in [3.05, 3.63) is 53.0 Å². The number of amides is 2. The molecule has 1 atom stereocenters. The first kappa shape index (κ1) is 16.7. The Morgan fingerprint density at radius 3 is 2.64 bits per heavy atom. The fourth-order valence-electron chi connectivity index (χ4n) is 2.22. The van der Waals surface area contributed by atoms with Crippen LogP contribution >= 0.6 is 0 Å². The molecule has 2 N–H and O–H groups in total. The normalized spacial score (nSPS) is 15.8. The number of pyridine rings is 1. The molecule has 0 radical (unpaired) electrons. The molecule has 2 amide bonds. The number of hydrogen-bond donors (Lipinski definition) is 2. The minimum absolute atomic E-state index is 0.0786. The number of rotatable bonds is 3. The maximum atomic E-state index is 13.6. The van der Waals surface area contributed by atoms with E-state index in [-0.39, 0.29) is 11.5 Å². The molecule has 25 heavy (non-hydrogen) atoms. The van der Waals surface area contributed by atoms with E-state index < -0.39 is 47.5 Å². The van der Waals surface area contributed by atoms with Crippen LogP contribution in [0.2, 0.25) is 0 Å². The Balaban J connectivity index is 1.75. The van der Waals surface area contributed by atoms with Gasteiger partial charge in [0.2, 0.25) is 0 Å². The predicted octanol–water partition coefficient (Wildman–Crippen LogP) is 2.15. The molecule has 9 heteroatoms. The third-order valence-electron chi connectivity index (χ3n) is 3.54. The second-order valence-electron chi connectivity index (χ2n) is 5.32. The Labute approximate surface area is 140 Å². The molecule has 0 saturated heterocycles. The number of benzene rings is 1. The Morgan fingerprint density at radius 2 is 1.96 bits per heavy atom. The van der Waals surface area contributed by atoms with Crippen LogP contribution in [0.1, 0.15) is 23.0 Å². The summed E-state index contributed by atoms with van der Waals surface area (Å²) < 4.78 is 45.3. The largest absolute Gasteiger partial charge is 0.477 e. The molecule has 6 nitrogen and oxygen atoms in total. The zero-order valence-electron chi connectivity index (χ0n) is 12.9. The average Bonchev–Trinajstić information content (AvgIpc) is 2.54. The molecule has 130 valence electrons. The van der Waals surface area contributed by atoms with Crippen LogP contribution in [0.15, 0.2) is 24.3 Å². The standard InChI is InChI=1S/C16H12F3N3O3/c1-7-15(23)22-14-13(25-7)3-2-12(21-14)16(24)20-6-9-10(18)4-8(17)5-11(9)19/h2-5,7H,6H2,1H3,(H,20,24)(H,21,22,23). The van der Waals surface area contributed by atoms with Crippen molar-refractivity contribution in [2.24, 2.45) is 0 Å². The third kappa shape index (κ3) is 3.39. The van der Waals surface area contributed by atoms with Crippen LogP contribution in [0.5, 0.6) is 5.75 Å². The van der Waals surface area contributed by atoms with Crippen molar-refractivity contribution in [3.8, 4) is 5.75 Å². The molecule has 1 unspecified atom stereocenters. The number of nitrogens with zero attached hydrogens (tertiary/aromatic N) is 1. The van der Waals surface area contributed by atoms with Gasteiger partial charge in [0.1, 0.15) is 23.1 Å². The topological polar surface area (TPSA) is 80.3 Å². The summed E-state index contributed by atoms with van der Waals surface area (Å²) in [6, 6.07) is 3.84. The van der Waals surface area contributed by atoms with Gasteiger partial charge < -0.3 is 15.4 Å². The second kappa shape index (κ2) is 6.42. The van der Waals surface area contributed by atoms with Gasteiger partial charge in [-0.15, -0.1) is 0 Å². The number of ether oxygens (including phenoxy) is 1. The van der Waals surface area contributed by atoms with Crippen LogP contribution in [-0.2, 0) is 11.3 Å². The first-order valence-corrected chi connectivity index (χ1v) is 7.25. The van der Waals surface area contributed by atoms with E-state index in [1.165, 1.54) is 12.1 Å². The van der Waals surface area contributed by atoms with Gasteiger partial charge in [-0.2, -0.15) is 0 Å². The van der Waals surface area contributed by atoms with Crippen molar-refractivity contribution in [2.75, 3.05) is 5.32 Å². The van der Waals surface area contributed by atoms with E-state index in [9.17, 15) is 22.8 Å². The van der Waals surface area contributed by atoms with Gasteiger partial charge in [0, 0.05) is 24.2 Å². The van der Waals surface area contributed by atoms with Crippen LogP contribution in [0.4, 0.5) is 19.0 Å². The summed E-state index contributed by atoms with van der Waals surface area (Å²) in [6.07, 6.45) is -0.682. The van der Waals surface area contributed by atoms with Crippen molar-refractivity contribution in [1.29, 1.82) is 0 Å². The number of carbonyl (C=O) groups excluding carboxylic acids is 2. The fourth-order valence-corrected chi connectivity index (χ4v) is 2.22. The lowest BCUT2D eigenvalue weighted by Crippen LogP contribution is -2.35. The molecule has 0 saturated carbocycles. The maximum absolute atomic E-state index is 13.6. The van der Waals surface area contributed by atoms with Crippen LogP contribution in [0.25, 0.3) is 0 Å². The summed E-state index contributed by atoms with van der Waals surface area (Å²) >= 11 is 0. The zero-order chi connectivity index (χ0) is 18.1. The molecular weight excluding hydrogens is 339 g/mol.